The summed E-state index contributed by atoms with van der Waals surface area (Å²) in [5.74, 6) is 0.839. The SMILES string of the molecule is COc1ccccc1OCCOc1cccc(F)c1C#N. The van der Waals surface area contributed by atoms with Crippen LogP contribution in [0.3, 0.4) is 0 Å². The van der Waals surface area contributed by atoms with Gasteiger partial charge in [-0.1, -0.05) is 18.2 Å². The zero-order valence-corrected chi connectivity index (χ0v) is 11.5. The first-order chi connectivity index (χ1) is 10.3. The highest BCUT2D eigenvalue weighted by atomic mass is 19.1. The summed E-state index contributed by atoms with van der Waals surface area (Å²) < 4.78 is 29.4. The topological polar surface area (TPSA) is 51.5 Å². The van der Waals surface area contributed by atoms with E-state index in [1.807, 2.05) is 12.1 Å². The molecule has 0 saturated carbocycles. The van der Waals surface area contributed by atoms with Crippen LogP contribution in [0.1, 0.15) is 5.56 Å². The fraction of sp³-hybridized carbons (Fsp3) is 0.188. The Hall–Kier alpha value is -2.74. The fourth-order valence-corrected chi connectivity index (χ4v) is 1.77. The molecule has 0 aromatic heterocycles. The molecule has 21 heavy (non-hydrogen) atoms. The van der Waals surface area contributed by atoms with Crippen molar-refractivity contribution in [2.45, 2.75) is 0 Å². The predicted octanol–water partition coefficient (Wildman–Crippen LogP) is 3.16. The van der Waals surface area contributed by atoms with Gasteiger partial charge >= 0.3 is 0 Å². The molecule has 0 fully saturated rings. The minimum Gasteiger partial charge on any atom is -0.493 e. The highest BCUT2D eigenvalue weighted by molar-refractivity contribution is 5.43. The Kier molecular flexibility index (Phi) is 4.99. The van der Waals surface area contributed by atoms with Crippen molar-refractivity contribution < 1.29 is 18.6 Å². The van der Waals surface area contributed by atoms with Crippen LogP contribution < -0.4 is 14.2 Å². The largest absolute Gasteiger partial charge is 0.493 e. The predicted molar refractivity (Wildman–Crippen MR) is 75.1 cm³/mol. The molecule has 0 amide bonds. The van der Waals surface area contributed by atoms with Crippen LogP contribution in [0, 0.1) is 17.1 Å². The van der Waals surface area contributed by atoms with Gasteiger partial charge in [-0.05, 0) is 24.3 Å². The minimum atomic E-state index is -0.597. The molecule has 0 saturated heterocycles. The maximum atomic E-state index is 13.4. The molecule has 2 aromatic carbocycles. The lowest BCUT2D eigenvalue weighted by Crippen LogP contribution is -2.10. The zero-order valence-electron chi connectivity index (χ0n) is 11.5. The lowest BCUT2D eigenvalue weighted by molar-refractivity contribution is 0.210. The summed E-state index contributed by atoms with van der Waals surface area (Å²) in [5.41, 5.74) is -0.102. The molecule has 0 radical (unpaired) electrons. The van der Waals surface area contributed by atoms with E-state index in [1.165, 1.54) is 12.1 Å². The minimum absolute atomic E-state index is 0.102. The zero-order chi connectivity index (χ0) is 15.1. The van der Waals surface area contributed by atoms with Crippen molar-refractivity contribution >= 4 is 0 Å². The molecule has 0 aliphatic carbocycles. The van der Waals surface area contributed by atoms with Crippen molar-refractivity contribution in [3.05, 3.63) is 53.8 Å². The van der Waals surface area contributed by atoms with E-state index >= 15 is 0 Å². The molecule has 0 unspecified atom stereocenters. The summed E-state index contributed by atoms with van der Waals surface area (Å²) in [6.45, 7) is 0.442. The number of hydrogen-bond donors (Lipinski definition) is 0. The van der Waals surface area contributed by atoms with Gasteiger partial charge in [0.2, 0.25) is 0 Å². The average molecular weight is 287 g/mol. The number of nitriles is 1. The van der Waals surface area contributed by atoms with Crippen LogP contribution in [-0.4, -0.2) is 20.3 Å². The second-order valence-electron chi connectivity index (χ2n) is 4.07. The van der Waals surface area contributed by atoms with E-state index in [1.54, 1.807) is 31.4 Å². The number of para-hydroxylation sites is 2. The van der Waals surface area contributed by atoms with Gasteiger partial charge in [-0.25, -0.2) is 4.39 Å². The van der Waals surface area contributed by atoms with E-state index in [2.05, 4.69) is 0 Å². The summed E-state index contributed by atoms with van der Waals surface area (Å²) >= 11 is 0. The Morgan fingerprint density at radius 1 is 0.952 bits per heavy atom. The van der Waals surface area contributed by atoms with Gasteiger partial charge in [0.15, 0.2) is 11.5 Å². The van der Waals surface area contributed by atoms with E-state index in [9.17, 15) is 4.39 Å². The summed E-state index contributed by atoms with van der Waals surface area (Å²) in [5, 5.41) is 8.88. The van der Waals surface area contributed by atoms with Crippen LogP contribution in [-0.2, 0) is 0 Å². The van der Waals surface area contributed by atoms with Crippen molar-refractivity contribution in [3.63, 3.8) is 0 Å². The highest BCUT2D eigenvalue weighted by Crippen LogP contribution is 2.25. The van der Waals surface area contributed by atoms with Crippen molar-refractivity contribution in [2.24, 2.45) is 0 Å². The number of rotatable bonds is 6. The number of halogens is 1. The molecular weight excluding hydrogens is 273 g/mol. The third kappa shape index (κ3) is 3.63. The molecule has 0 N–H and O–H groups in total. The van der Waals surface area contributed by atoms with Gasteiger partial charge in [0.25, 0.3) is 0 Å². The molecule has 0 heterocycles. The van der Waals surface area contributed by atoms with Crippen LogP contribution in [0.5, 0.6) is 17.2 Å². The lowest BCUT2D eigenvalue weighted by atomic mass is 10.2. The first-order valence-electron chi connectivity index (χ1n) is 6.33. The van der Waals surface area contributed by atoms with E-state index in [0.717, 1.165) is 0 Å². The summed E-state index contributed by atoms with van der Waals surface area (Å²) in [6.07, 6.45) is 0. The van der Waals surface area contributed by atoms with Gasteiger partial charge in [0.05, 0.1) is 7.11 Å². The van der Waals surface area contributed by atoms with Gasteiger partial charge < -0.3 is 14.2 Å². The molecule has 0 aliphatic rings. The van der Waals surface area contributed by atoms with Gasteiger partial charge in [-0.15, -0.1) is 0 Å². The van der Waals surface area contributed by atoms with Crippen molar-refractivity contribution in [1.82, 2.24) is 0 Å². The van der Waals surface area contributed by atoms with E-state index < -0.39 is 5.82 Å². The Bertz CT molecular complexity index is 652. The van der Waals surface area contributed by atoms with Crippen molar-refractivity contribution in [1.29, 1.82) is 5.26 Å². The fourth-order valence-electron chi connectivity index (χ4n) is 1.77. The normalized spacial score (nSPS) is 9.76. The summed E-state index contributed by atoms with van der Waals surface area (Å²) in [4.78, 5) is 0. The van der Waals surface area contributed by atoms with Gasteiger partial charge in [0.1, 0.15) is 36.4 Å². The smallest absolute Gasteiger partial charge is 0.161 e. The molecule has 108 valence electrons. The van der Waals surface area contributed by atoms with Gasteiger partial charge in [-0.2, -0.15) is 5.26 Å². The molecule has 0 aliphatic heterocycles. The quantitative estimate of drug-likeness (QED) is 0.766. The van der Waals surface area contributed by atoms with Crippen LogP contribution in [0.2, 0.25) is 0 Å². The van der Waals surface area contributed by atoms with Gasteiger partial charge in [0, 0.05) is 0 Å². The molecule has 2 rings (SSSR count). The second kappa shape index (κ2) is 7.15. The average Bonchev–Trinajstić information content (AvgIpc) is 2.52. The van der Waals surface area contributed by atoms with Crippen LogP contribution in [0.15, 0.2) is 42.5 Å². The highest BCUT2D eigenvalue weighted by Gasteiger charge is 2.09. The van der Waals surface area contributed by atoms with E-state index in [0.29, 0.717) is 11.5 Å². The molecule has 2 aromatic rings. The Labute approximate surface area is 122 Å². The molecule has 0 bridgehead atoms. The number of nitrogens with zero attached hydrogens (tertiary/aromatic N) is 1. The number of hydrogen-bond acceptors (Lipinski definition) is 4. The molecule has 0 spiro atoms. The Balaban J connectivity index is 1.91. The number of methoxy groups -OCH3 is 1. The first-order valence-corrected chi connectivity index (χ1v) is 6.33. The standard InChI is InChI=1S/C16H14FNO3/c1-19-15-6-2-3-7-16(15)21-10-9-20-14-8-4-5-13(17)12(14)11-18/h2-8H,9-10H2,1H3. The lowest BCUT2D eigenvalue weighted by Gasteiger charge is -2.11. The van der Waals surface area contributed by atoms with Gasteiger partial charge in [-0.3, -0.25) is 0 Å². The van der Waals surface area contributed by atoms with Crippen molar-refractivity contribution in [2.75, 3.05) is 20.3 Å². The second-order valence-corrected chi connectivity index (χ2v) is 4.07. The van der Waals surface area contributed by atoms with E-state index in [4.69, 9.17) is 19.5 Å². The monoisotopic (exact) mass is 287 g/mol. The van der Waals surface area contributed by atoms with Crippen molar-refractivity contribution in [3.8, 4) is 23.3 Å². The first kappa shape index (κ1) is 14.7. The maximum Gasteiger partial charge on any atom is 0.161 e. The molecule has 0 atom stereocenters. The number of benzene rings is 2. The van der Waals surface area contributed by atoms with Crippen LogP contribution >= 0.6 is 0 Å². The molecular formula is C16H14FNO3. The summed E-state index contributed by atoms with van der Waals surface area (Å²) in [6, 6.07) is 13.3. The Morgan fingerprint density at radius 2 is 1.57 bits per heavy atom. The van der Waals surface area contributed by atoms with Crippen LogP contribution in [0.25, 0.3) is 0 Å². The molecule has 5 heteroatoms. The Morgan fingerprint density at radius 3 is 2.24 bits per heavy atom. The molecule has 4 nitrogen and oxygen atoms in total. The summed E-state index contributed by atoms with van der Waals surface area (Å²) in [7, 11) is 1.56. The van der Waals surface area contributed by atoms with E-state index in [-0.39, 0.29) is 24.5 Å². The third-order valence-corrected chi connectivity index (χ3v) is 2.75. The maximum absolute atomic E-state index is 13.4. The third-order valence-electron chi connectivity index (χ3n) is 2.75. The number of ether oxygens (including phenoxy) is 3. The van der Waals surface area contributed by atoms with Crippen LogP contribution in [0.4, 0.5) is 4.39 Å².